The number of rotatable bonds is 6. The van der Waals surface area contributed by atoms with E-state index < -0.39 is 11.5 Å². The summed E-state index contributed by atoms with van der Waals surface area (Å²) in [4.78, 5) is 17.5. The van der Waals surface area contributed by atoms with Crippen LogP contribution in [0.3, 0.4) is 0 Å². The molecule has 0 radical (unpaired) electrons. The normalized spacial score (nSPS) is 15.0. The van der Waals surface area contributed by atoms with Crippen LogP contribution in [0.2, 0.25) is 5.02 Å². The summed E-state index contributed by atoms with van der Waals surface area (Å²) in [6.45, 7) is 3.96. The molecule has 0 fully saturated rings. The number of hydrazone groups is 1. The van der Waals surface area contributed by atoms with Crippen molar-refractivity contribution < 1.29 is 14.3 Å². The average Bonchev–Trinajstić information content (AvgIpc) is 3.00. The van der Waals surface area contributed by atoms with E-state index in [1.807, 2.05) is 32.2 Å². The van der Waals surface area contributed by atoms with Crippen molar-refractivity contribution in [2.24, 2.45) is 15.8 Å². The van der Waals surface area contributed by atoms with Crippen LogP contribution in [0.5, 0.6) is 17.2 Å². The molecule has 30 heavy (non-hydrogen) atoms. The van der Waals surface area contributed by atoms with Crippen LogP contribution in [-0.4, -0.2) is 36.9 Å². The fraction of sp³-hybridized carbons (Fsp3) is 0.286. The predicted molar refractivity (Wildman–Crippen MR) is 122 cm³/mol. The molecule has 2 aromatic rings. The zero-order valence-corrected chi connectivity index (χ0v) is 18.7. The van der Waals surface area contributed by atoms with Gasteiger partial charge in [0, 0.05) is 35.6 Å². The molecule has 9 heteroatoms. The van der Waals surface area contributed by atoms with E-state index in [4.69, 9.17) is 26.8 Å². The molecule has 1 aliphatic rings. The number of carbonyl (C=O) groups excluding carboxylic acids is 1. The van der Waals surface area contributed by atoms with Crippen LogP contribution in [-0.2, 0) is 6.42 Å². The number of nitrogens with zero attached hydrogens (tertiary/aromatic N) is 2. The summed E-state index contributed by atoms with van der Waals surface area (Å²) in [5.74, 6) is 1.14. The van der Waals surface area contributed by atoms with Gasteiger partial charge in [0.2, 0.25) is 0 Å². The van der Waals surface area contributed by atoms with Crippen molar-refractivity contribution in [1.29, 1.82) is 0 Å². The van der Waals surface area contributed by atoms with E-state index in [1.54, 1.807) is 37.0 Å². The molecule has 0 spiro atoms. The van der Waals surface area contributed by atoms with E-state index in [0.717, 1.165) is 10.5 Å². The number of hydrogen-bond acceptors (Lipinski definition) is 6. The van der Waals surface area contributed by atoms with Crippen LogP contribution in [0.15, 0.2) is 45.3 Å². The summed E-state index contributed by atoms with van der Waals surface area (Å²) in [6, 6.07) is 8.79. The third kappa shape index (κ3) is 5.06. The van der Waals surface area contributed by atoms with Crippen molar-refractivity contribution in [3.63, 3.8) is 0 Å². The molecule has 3 rings (SSSR count). The minimum Gasteiger partial charge on any atom is -0.487 e. The minimum atomic E-state index is -0.522. The number of thioether (sulfide) groups is 1. The van der Waals surface area contributed by atoms with Crippen molar-refractivity contribution in [1.82, 2.24) is 5.43 Å². The lowest BCUT2D eigenvalue weighted by Gasteiger charge is -2.16. The maximum absolute atomic E-state index is 12.6. The topological polar surface area (TPSA) is 98.3 Å². The highest BCUT2D eigenvalue weighted by Crippen LogP contribution is 2.43. The Morgan fingerprint density at radius 3 is 2.80 bits per heavy atom. The van der Waals surface area contributed by atoms with Crippen LogP contribution < -0.4 is 20.6 Å². The first kappa shape index (κ1) is 22.0. The highest BCUT2D eigenvalue weighted by molar-refractivity contribution is 7.98. The molecule has 1 heterocycles. The molecule has 0 unspecified atom stereocenters. The lowest BCUT2D eigenvalue weighted by Crippen LogP contribution is -2.24. The Bertz CT molecular complexity index is 1040. The number of aliphatic imine (C=N–C) groups is 1. The van der Waals surface area contributed by atoms with Gasteiger partial charge >= 0.3 is 0 Å². The lowest BCUT2D eigenvalue weighted by molar-refractivity contribution is 0.100. The lowest BCUT2D eigenvalue weighted by atomic mass is 9.99. The highest BCUT2D eigenvalue weighted by atomic mass is 35.5. The molecule has 0 saturated carbocycles. The molecule has 158 valence electrons. The Labute approximate surface area is 184 Å². The largest absolute Gasteiger partial charge is 0.487 e. The number of amidine groups is 1. The molecule has 3 N–H and O–H groups in total. The summed E-state index contributed by atoms with van der Waals surface area (Å²) in [5.41, 5.74) is 9.04. The van der Waals surface area contributed by atoms with Gasteiger partial charge in [0.1, 0.15) is 28.7 Å². The van der Waals surface area contributed by atoms with Gasteiger partial charge in [-0.15, -0.1) is 11.8 Å². The second kappa shape index (κ2) is 8.97. The number of carbonyl (C=O) groups is 1. The van der Waals surface area contributed by atoms with E-state index in [0.29, 0.717) is 34.3 Å². The fourth-order valence-electron chi connectivity index (χ4n) is 3.04. The standard InChI is InChI=1S/C21H23ClN4O3S/c1-21(2)10-14-16(28-13-5-6-18(30-4)15(22)9-13)7-12(8-17(14)29-21)20(27)26-19(23)11-25-24-3/h5-9,11,24H,10H2,1-4H3,(H2,23,26,27)/b25-11-. The van der Waals surface area contributed by atoms with E-state index >= 15 is 0 Å². The Hall–Kier alpha value is -2.71. The monoisotopic (exact) mass is 446 g/mol. The number of fused-ring (bicyclic) bond motifs is 1. The van der Waals surface area contributed by atoms with Gasteiger partial charge in [-0.1, -0.05) is 11.6 Å². The second-order valence-electron chi connectivity index (χ2n) is 7.21. The number of amides is 1. The van der Waals surface area contributed by atoms with E-state index in [1.165, 1.54) is 6.21 Å². The molecular weight excluding hydrogens is 424 g/mol. The number of halogens is 1. The number of benzene rings is 2. The second-order valence-corrected chi connectivity index (χ2v) is 8.47. The van der Waals surface area contributed by atoms with Gasteiger partial charge in [0.25, 0.3) is 5.91 Å². The molecule has 0 aromatic heterocycles. The Kier molecular flexibility index (Phi) is 6.58. The molecule has 0 aliphatic carbocycles. The highest BCUT2D eigenvalue weighted by Gasteiger charge is 2.34. The molecule has 7 nitrogen and oxygen atoms in total. The van der Waals surface area contributed by atoms with Gasteiger partial charge in [0.05, 0.1) is 11.2 Å². The van der Waals surface area contributed by atoms with E-state index in [-0.39, 0.29) is 5.84 Å². The third-order valence-corrected chi connectivity index (χ3v) is 5.53. The van der Waals surface area contributed by atoms with Crippen LogP contribution in [0.1, 0.15) is 29.8 Å². The smallest absolute Gasteiger partial charge is 0.279 e. The third-order valence-electron chi connectivity index (χ3n) is 4.31. The summed E-state index contributed by atoms with van der Waals surface area (Å²) in [7, 11) is 1.62. The SMILES string of the molecule is CN/N=C\C(N)=NC(=O)c1cc(Oc2ccc(SC)c(Cl)c2)c2c(c1)OC(C)(C)C2. The van der Waals surface area contributed by atoms with Crippen LogP contribution in [0.25, 0.3) is 0 Å². The van der Waals surface area contributed by atoms with Crippen molar-refractivity contribution in [2.45, 2.75) is 30.8 Å². The van der Waals surface area contributed by atoms with Gasteiger partial charge in [-0.25, -0.2) is 0 Å². The Balaban J connectivity index is 1.99. The number of ether oxygens (including phenoxy) is 2. The first-order chi connectivity index (χ1) is 14.2. The molecule has 0 saturated heterocycles. The molecule has 0 atom stereocenters. The summed E-state index contributed by atoms with van der Waals surface area (Å²) in [6.07, 6.45) is 3.86. The number of nitrogens with one attached hydrogen (secondary N) is 1. The zero-order chi connectivity index (χ0) is 21.9. The summed E-state index contributed by atoms with van der Waals surface area (Å²) in [5, 5.41) is 4.34. The molecule has 1 amide bonds. The van der Waals surface area contributed by atoms with Crippen molar-refractivity contribution in [3.05, 3.63) is 46.5 Å². The maximum Gasteiger partial charge on any atom is 0.279 e. The molecule has 1 aliphatic heterocycles. The summed E-state index contributed by atoms with van der Waals surface area (Å²) < 4.78 is 12.1. The number of hydrogen-bond donors (Lipinski definition) is 2. The van der Waals surface area contributed by atoms with Gasteiger partial charge in [0.15, 0.2) is 0 Å². The Morgan fingerprint density at radius 2 is 2.13 bits per heavy atom. The molecular formula is C21H23ClN4O3S. The van der Waals surface area contributed by atoms with Crippen LogP contribution in [0.4, 0.5) is 0 Å². The maximum atomic E-state index is 12.6. The summed E-state index contributed by atoms with van der Waals surface area (Å²) >= 11 is 7.86. The van der Waals surface area contributed by atoms with Gasteiger partial charge < -0.3 is 20.6 Å². The van der Waals surface area contributed by atoms with Gasteiger partial charge in [-0.2, -0.15) is 10.1 Å². The first-order valence-electron chi connectivity index (χ1n) is 9.18. The minimum absolute atomic E-state index is 0.0157. The predicted octanol–water partition coefficient (Wildman–Crippen LogP) is 4.27. The van der Waals surface area contributed by atoms with Crippen LogP contribution >= 0.6 is 23.4 Å². The average molecular weight is 447 g/mol. The van der Waals surface area contributed by atoms with Gasteiger partial charge in [-0.05, 0) is 44.4 Å². The molecule has 2 aromatic carbocycles. The first-order valence-corrected chi connectivity index (χ1v) is 10.8. The van der Waals surface area contributed by atoms with Crippen molar-refractivity contribution in [2.75, 3.05) is 13.3 Å². The molecule has 0 bridgehead atoms. The zero-order valence-electron chi connectivity index (χ0n) is 17.2. The van der Waals surface area contributed by atoms with Crippen molar-refractivity contribution in [3.8, 4) is 17.2 Å². The fourth-order valence-corrected chi connectivity index (χ4v) is 3.90. The Morgan fingerprint density at radius 1 is 1.37 bits per heavy atom. The van der Waals surface area contributed by atoms with E-state index in [9.17, 15) is 4.79 Å². The van der Waals surface area contributed by atoms with Crippen molar-refractivity contribution >= 4 is 41.3 Å². The van der Waals surface area contributed by atoms with Gasteiger partial charge in [-0.3, -0.25) is 4.79 Å². The quantitative estimate of drug-likeness (QED) is 0.297. The number of nitrogens with two attached hydrogens (primary N) is 1. The van der Waals surface area contributed by atoms with E-state index in [2.05, 4.69) is 15.5 Å². The van der Waals surface area contributed by atoms with Crippen LogP contribution in [0, 0.1) is 0 Å².